The second-order valence-electron chi connectivity index (χ2n) is 12.2. The molecule has 3 rings (SSSR count). The third kappa shape index (κ3) is 13.8. The number of aliphatic carboxylic acids is 5. The van der Waals surface area contributed by atoms with Gasteiger partial charge in [-0.25, -0.2) is 0 Å². The zero-order valence-corrected chi connectivity index (χ0v) is 28.5. The monoisotopic (exact) mass is 731 g/mol. The summed E-state index contributed by atoms with van der Waals surface area (Å²) in [7, 11) is -5.15. The first-order chi connectivity index (χ1) is 24.1. The van der Waals surface area contributed by atoms with Crippen molar-refractivity contribution in [3.05, 3.63) is 71.8 Å². The summed E-state index contributed by atoms with van der Waals surface area (Å²) in [5.41, 5.74) is 1.71. The van der Waals surface area contributed by atoms with Crippen LogP contribution in [0.1, 0.15) is 36.8 Å². The van der Waals surface area contributed by atoms with Crippen molar-refractivity contribution in [3.8, 4) is 0 Å². The number of phosphoric ester groups is 1. The van der Waals surface area contributed by atoms with Crippen molar-refractivity contribution in [3.63, 3.8) is 0 Å². The van der Waals surface area contributed by atoms with Gasteiger partial charge in [-0.2, -0.15) is 0 Å². The summed E-state index contributed by atoms with van der Waals surface area (Å²) >= 11 is 0. The molecule has 0 N–H and O–H groups in total. The normalized spacial score (nSPS) is 16.5. The molecule has 17 nitrogen and oxygen atoms in total. The number of hydrogen-bond donors (Lipinski definition) is 0. The highest BCUT2D eigenvalue weighted by Gasteiger charge is 2.39. The highest BCUT2D eigenvalue weighted by Crippen LogP contribution is 2.49. The molecule has 1 saturated carbocycles. The van der Waals surface area contributed by atoms with Gasteiger partial charge in [-0.3, -0.25) is 19.3 Å². The van der Waals surface area contributed by atoms with Gasteiger partial charge in [-0.15, -0.1) is 0 Å². The number of phosphoric acid groups is 1. The minimum Gasteiger partial charge on any atom is -0.756 e. The number of carboxylic acid groups (broad SMARTS) is 5. The molecule has 0 aromatic heterocycles. The van der Waals surface area contributed by atoms with Crippen molar-refractivity contribution in [2.45, 2.75) is 43.2 Å². The Morgan fingerprint density at radius 2 is 1.10 bits per heavy atom. The van der Waals surface area contributed by atoms with Crippen LogP contribution in [0.4, 0.5) is 0 Å². The maximum absolute atomic E-state index is 13.1. The van der Waals surface area contributed by atoms with Crippen molar-refractivity contribution in [2.24, 2.45) is 0 Å². The first-order valence-corrected chi connectivity index (χ1v) is 17.5. The van der Waals surface area contributed by atoms with Crippen LogP contribution < -0.4 is 30.4 Å². The van der Waals surface area contributed by atoms with Crippen LogP contribution in [0.2, 0.25) is 0 Å². The van der Waals surface area contributed by atoms with E-state index in [4.69, 9.17) is 9.05 Å². The van der Waals surface area contributed by atoms with Crippen LogP contribution in [-0.2, 0) is 43.0 Å². The number of carbonyl (C=O) groups excluding carboxylic acids is 5. The Kier molecular flexibility index (Phi) is 15.7. The molecule has 0 saturated heterocycles. The van der Waals surface area contributed by atoms with E-state index in [9.17, 15) is 59.0 Å². The number of hydrogen-bond acceptors (Lipinski definition) is 17. The SMILES string of the molecule is O=C([O-])CN(CCN(CC(=O)[O-])C[C@H](COP(=O)([O-])OC1CCC(c2ccccc2)(c2ccccc2)CC1)N(CC(=O)[O-])CC(=O)[O-])CC(=O)[O-]. The summed E-state index contributed by atoms with van der Waals surface area (Å²) in [6.07, 6.45) is 0.910. The van der Waals surface area contributed by atoms with Gasteiger partial charge in [0.2, 0.25) is 0 Å². The molecule has 0 amide bonds. The molecule has 0 aliphatic heterocycles. The van der Waals surface area contributed by atoms with E-state index in [1.165, 1.54) is 0 Å². The van der Waals surface area contributed by atoms with Gasteiger partial charge in [0.1, 0.15) is 0 Å². The average molecular weight is 732 g/mol. The summed E-state index contributed by atoms with van der Waals surface area (Å²) in [5.74, 6) is -8.46. The standard InChI is InChI=1S/C33H44N3O14P/c37-28(38)18-34(15-16-35(19-29(39)40)20-30(41)42)17-26(36(21-31(43)44)22-32(45)46)23-49-51(47,48)50-27-11-13-33(14-12-27,24-7-3-1-4-8-24)25-9-5-2-6-10-25/h1-10,26-27H,11-23H2,(H,37,38)(H,39,40)(H,41,42)(H,43,44)(H,45,46)(H,47,48)/p-6/t26-/m1/s1. The fourth-order valence-electron chi connectivity index (χ4n) is 6.34. The van der Waals surface area contributed by atoms with Gasteiger partial charge in [0.15, 0.2) is 0 Å². The predicted octanol–water partition coefficient (Wildman–Crippen LogP) is -5.56. The Labute approximate surface area is 294 Å². The molecule has 18 heteroatoms. The fraction of sp³-hybridized carbons (Fsp3) is 0.485. The number of benzene rings is 2. The minimum absolute atomic E-state index is 0.317. The maximum Gasteiger partial charge on any atom is 0.268 e. The smallest absolute Gasteiger partial charge is 0.268 e. The van der Waals surface area contributed by atoms with Gasteiger partial charge in [-0.05, 0) is 36.8 Å². The van der Waals surface area contributed by atoms with E-state index >= 15 is 0 Å². The first-order valence-electron chi connectivity index (χ1n) is 16.0. The predicted molar refractivity (Wildman–Crippen MR) is 164 cm³/mol. The zero-order chi connectivity index (χ0) is 37.6. The summed E-state index contributed by atoms with van der Waals surface area (Å²) in [6, 6.07) is 18.1. The summed E-state index contributed by atoms with van der Waals surface area (Å²) in [6.45, 7) is -6.98. The molecule has 280 valence electrons. The van der Waals surface area contributed by atoms with E-state index < -0.39 is 101 Å². The van der Waals surface area contributed by atoms with E-state index in [1.807, 2.05) is 60.7 Å². The highest BCUT2D eigenvalue weighted by molar-refractivity contribution is 7.45. The fourth-order valence-corrected chi connectivity index (χ4v) is 7.33. The Hall–Kier alpha value is -4.22. The summed E-state index contributed by atoms with van der Waals surface area (Å²) < 4.78 is 23.7. The molecule has 2 atom stereocenters. The number of nitrogens with zero attached hydrogens (tertiary/aromatic N) is 3. The molecule has 2 aromatic carbocycles. The topological polar surface area (TPSA) is 269 Å². The second-order valence-corrected chi connectivity index (χ2v) is 13.6. The lowest BCUT2D eigenvalue weighted by Crippen LogP contribution is -2.55. The lowest BCUT2D eigenvalue weighted by Gasteiger charge is -2.42. The van der Waals surface area contributed by atoms with Gasteiger partial charge >= 0.3 is 0 Å². The quantitative estimate of drug-likeness (QED) is 0.0964. The molecule has 1 aliphatic carbocycles. The second kappa shape index (κ2) is 19.4. The Balaban J connectivity index is 1.77. The van der Waals surface area contributed by atoms with Crippen molar-refractivity contribution in [1.82, 2.24) is 14.7 Å². The Morgan fingerprint density at radius 1 is 0.686 bits per heavy atom. The first kappa shape index (κ1) is 41.2. The zero-order valence-electron chi connectivity index (χ0n) is 27.6. The van der Waals surface area contributed by atoms with Gasteiger partial charge in [-0.1, -0.05) is 60.7 Å². The number of carbonyl (C=O) groups is 5. The molecule has 0 heterocycles. The van der Waals surface area contributed by atoms with Crippen LogP contribution in [0, 0.1) is 0 Å². The van der Waals surface area contributed by atoms with Gasteiger partial charge in [0.05, 0.1) is 42.6 Å². The van der Waals surface area contributed by atoms with Crippen molar-refractivity contribution >= 4 is 37.7 Å². The molecule has 2 aromatic rings. The molecule has 0 spiro atoms. The largest absolute Gasteiger partial charge is 0.756 e. The van der Waals surface area contributed by atoms with Crippen molar-refractivity contribution < 1.29 is 68.0 Å². The summed E-state index contributed by atoms with van der Waals surface area (Å²) in [5, 5.41) is 56.7. The van der Waals surface area contributed by atoms with Crippen molar-refractivity contribution in [2.75, 3.05) is 59.0 Å². The summed E-state index contributed by atoms with van der Waals surface area (Å²) in [4.78, 5) is 72.4. The van der Waals surface area contributed by atoms with Crippen LogP contribution >= 0.6 is 7.82 Å². The van der Waals surface area contributed by atoms with Crippen LogP contribution in [0.25, 0.3) is 0 Å². The number of carboxylic acids is 5. The van der Waals surface area contributed by atoms with E-state index in [0.717, 1.165) is 25.8 Å². The Bertz CT molecular complexity index is 1450. The van der Waals surface area contributed by atoms with Crippen LogP contribution in [0.5, 0.6) is 0 Å². The molecule has 1 fully saturated rings. The molecule has 51 heavy (non-hydrogen) atoms. The molecule has 0 radical (unpaired) electrons. The third-order valence-corrected chi connectivity index (χ3v) is 9.60. The van der Waals surface area contributed by atoms with E-state index in [1.54, 1.807) is 0 Å². The molecule has 0 bridgehead atoms. The molecular weight excluding hydrogens is 693 g/mol. The molecular formula is C33H38N3O14P-6. The van der Waals surface area contributed by atoms with Crippen LogP contribution in [-0.4, -0.2) is 116 Å². The van der Waals surface area contributed by atoms with E-state index in [-0.39, 0.29) is 13.1 Å². The number of rotatable bonds is 23. The van der Waals surface area contributed by atoms with Gasteiger partial charge < -0.3 is 63.4 Å². The van der Waals surface area contributed by atoms with Gasteiger partial charge in [0, 0.05) is 63.8 Å². The molecule has 1 aliphatic rings. The van der Waals surface area contributed by atoms with E-state index in [0.29, 0.717) is 25.7 Å². The van der Waals surface area contributed by atoms with Crippen LogP contribution in [0.15, 0.2) is 60.7 Å². The molecule has 1 unspecified atom stereocenters. The maximum atomic E-state index is 13.1. The van der Waals surface area contributed by atoms with Crippen LogP contribution in [0.3, 0.4) is 0 Å². The highest BCUT2D eigenvalue weighted by atomic mass is 31.2. The lowest BCUT2D eigenvalue weighted by molar-refractivity contribution is -0.313. The lowest BCUT2D eigenvalue weighted by atomic mass is 9.65. The third-order valence-electron chi connectivity index (χ3n) is 8.58. The van der Waals surface area contributed by atoms with Crippen molar-refractivity contribution in [1.29, 1.82) is 0 Å². The van der Waals surface area contributed by atoms with Gasteiger partial charge in [0.25, 0.3) is 7.82 Å². The minimum atomic E-state index is -5.15. The Morgan fingerprint density at radius 3 is 1.53 bits per heavy atom. The average Bonchev–Trinajstić information content (AvgIpc) is 3.05. The van der Waals surface area contributed by atoms with E-state index in [2.05, 4.69) is 0 Å².